The van der Waals surface area contributed by atoms with Gasteiger partial charge in [0.2, 0.25) is 0 Å². The summed E-state index contributed by atoms with van der Waals surface area (Å²) in [6.07, 6.45) is 68.3. The van der Waals surface area contributed by atoms with Gasteiger partial charge in [-0.25, -0.2) is 4.57 Å². The summed E-state index contributed by atoms with van der Waals surface area (Å²) in [7, 11) is -3.83. The van der Waals surface area contributed by atoms with E-state index in [2.05, 4.69) is 41.5 Å². The Morgan fingerprint density at radius 2 is 0.324 bits per heavy atom. The second kappa shape index (κ2) is 56.4. The normalized spacial score (nSPS) is 12.2. The number of hydrogen-bond donors (Lipinski definition) is 0. The molecule has 0 bridgehead atoms. The highest BCUT2D eigenvalue weighted by molar-refractivity contribution is 7.48. The summed E-state index contributed by atoms with van der Waals surface area (Å²) >= 11 is 0. The first kappa shape index (κ1) is 68.1. The Morgan fingerprint density at radius 3 is 0.456 bits per heavy atom. The molecule has 0 rings (SSSR count). The lowest BCUT2D eigenvalue weighted by atomic mass is 10.0. The van der Waals surface area contributed by atoms with E-state index in [1.165, 1.54) is 270 Å². The van der Waals surface area contributed by atoms with Crippen LogP contribution >= 0.6 is 7.82 Å². The summed E-state index contributed by atoms with van der Waals surface area (Å²) < 4.78 is 37.0. The number of phosphoric acid groups is 1. The number of rotatable bonds is 60. The van der Waals surface area contributed by atoms with Gasteiger partial charge in [-0.3, -0.25) is 13.6 Å². The van der Waals surface area contributed by atoms with Gasteiger partial charge in [0, 0.05) is 0 Å². The van der Waals surface area contributed by atoms with Crippen LogP contribution in [0.5, 0.6) is 0 Å². The molecule has 0 saturated heterocycles. The third kappa shape index (κ3) is 49.7. The van der Waals surface area contributed by atoms with Gasteiger partial charge in [0.05, 0.1) is 18.3 Å². The van der Waals surface area contributed by atoms with Crippen LogP contribution in [0.3, 0.4) is 0 Å². The standard InChI is InChI=1S/C63H129O4P/c1-7-13-19-25-31-37-43-49-55-61(56-50-44-38-32-26-20-14-8-2)65-68(64,66-62(57-51-45-39-33-27-21-15-9-3)58-52-46-40-34-28-22-16-10-4)67-63(59-53-47-41-35-29-23-17-11-5)60-54-48-42-36-30-24-18-12-6/h61-63H,7-60H2,1-6H3. The molecule has 4 nitrogen and oxygen atoms in total. The fourth-order valence-corrected chi connectivity index (χ4v) is 12.3. The molecule has 0 unspecified atom stereocenters. The highest BCUT2D eigenvalue weighted by Crippen LogP contribution is 2.55. The van der Waals surface area contributed by atoms with Crippen LogP contribution in [0.25, 0.3) is 0 Å². The average Bonchev–Trinajstić information content (AvgIpc) is 3.33. The molecule has 5 heteroatoms. The van der Waals surface area contributed by atoms with Crippen molar-refractivity contribution >= 4 is 7.82 Å². The Morgan fingerprint density at radius 1 is 0.206 bits per heavy atom. The highest BCUT2D eigenvalue weighted by atomic mass is 31.2. The summed E-state index contributed by atoms with van der Waals surface area (Å²) in [5, 5.41) is 0. The van der Waals surface area contributed by atoms with Gasteiger partial charge in [0.15, 0.2) is 0 Å². The van der Waals surface area contributed by atoms with Crippen molar-refractivity contribution in [1.29, 1.82) is 0 Å². The summed E-state index contributed by atoms with van der Waals surface area (Å²) in [4.78, 5) is 0. The fourth-order valence-electron chi connectivity index (χ4n) is 10.4. The molecular weight excluding hydrogens is 852 g/mol. The van der Waals surface area contributed by atoms with Crippen LogP contribution in [0.4, 0.5) is 0 Å². The van der Waals surface area contributed by atoms with E-state index in [1.807, 2.05) is 0 Å². The topological polar surface area (TPSA) is 44.8 Å². The quantitative estimate of drug-likeness (QED) is 0.0450. The lowest BCUT2D eigenvalue weighted by Crippen LogP contribution is -2.22. The minimum Gasteiger partial charge on any atom is -0.284 e. The maximum Gasteiger partial charge on any atom is 0.475 e. The van der Waals surface area contributed by atoms with Crippen molar-refractivity contribution in [3.05, 3.63) is 0 Å². The molecule has 0 N–H and O–H groups in total. The molecule has 0 aliphatic carbocycles. The van der Waals surface area contributed by atoms with Gasteiger partial charge in [-0.2, -0.15) is 0 Å². The molecule has 0 saturated carbocycles. The minimum atomic E-state index is -3.83. The zero-order valence-electron chi connectivity index (χ0n) is 48.0. The first-order valence-corrected chi connectivity index (χ1v) is 33.6. The van der Waals surface area contributed by atoms with Crippen LogP contribution in [0, 0.1) is 0 Å². The van der Waals surface area contributed by atoms with Crippen molar-refractivity contribution in [3.63, 3.8) is 0 Å². The molecule has 0 aromatic carbocycles. The third-order valence-electron chi connectivity index (χ3n) is 15.1. The van der Waals surface area contributed by atoms with Crippen LogP contribution in [0.15, 0.2) is 0 Å². The molecule has 0 spiro atoms. The van der Waals surface area contributed by atoms with Gasteiger partial charge in [0.1, 0.15) is 0 Å². The summed E-state index contributed by atoms with van der Waals surface area (Å²) in [6.45, 7) is 13.9. The smallest absolute Gasteiger partial charge is 0.284 e. The molecule has 0 fully saturated rings. The molecule has 0 radical (unpaired) electrons. The van der Waals surface area contributed by atoms with Crippen molar-refractivity contribution in [2.45, 2.75) is 407 Å². The second-order valence-corrected chi connectivity index (χ2v) is 23.7. The molecule has 68 heavy (non-hydrogen) atoms. The molecule has 410 valence electrons. The number of hydrogen-bond acceptors (Lipinski definition) is 4. The SMILES string of the molecule is CCCCCCCCCCC(CCCCCCCCCC)OP(=O)(OC(CCCCCCCCCC)CCCCCCCCCC)OC(CCCCCCCCCC)CCCCCCCCCC. The largest absolute Gasteiger partial charge is 0.475 e. The van der Waals surface area contributed by atoms with Crippen molar-refractivity contribution in [2.75, 3.05) is 0 Å². The van der Waals surface area contributed by atoms with Gasteiger partial charge >= 0.3 is 7.82 Å². The summed E-state index contributed by atoms with van der Waals surface area (Å²) in [5.74, 6) is 0. The molecule has 0 amide bonds. The van der Waals surface area contributed by atoms with Gasteiger partial charge in [-0.05, 0) is 38.5 Å². The monoisotopic (exact) mass is 981 g/mol. The number of unbranched alkanes of at least 4 members (excludes halogenated alkanes) is 42. The molecule has 0 heterocycles. The van der Waals surface area contributed by atoms with Gasteiger partial charge in [0.25, 0.3) is 0 Å². The van der Waals surface area contributed by atoms with E-state index in [1.54, 1.807) is 0 Å². The minimum absolute atomic E-state index is 0.0557. The van der Waals surface area contributed by atoms with E-state index in [0.29, 0.717) is 0 Å². The molecule has 0 atom stereocenters. The number of phosphoric ester groups is 1. The van der Waals surface area contributed by atoms with E-state index in [9.17, 15) is 0 Å². The maximum atomic E-state index is 15.8. The third-order valence-corrected chi connectivity index (χ3v) is 16.8. The summed E-state index contributed by atoms with van der Waals surface area (Å²) in [6, 6.07) is 0. The second-order valence-electron chi connectivity index (χ2n) is 22.2. The average molecular weight is 982 g/mol. The van der Waals surface area contributed by atoms with Crippen LogP contribution < -0.4 is 0 Å². The van der Waals surface area contributed by atoms with Crippen LogP contribution in [0.2, 0.25) is 0 Å². The van der Waals surface area contributed by atoms with E-state index >= 15 is 4.57 Å². The first-order valence-electron chi connectivity index (χ1n) is 32.1. The Labute approximate surface area is 430 Å². The molecule has 0 aromatic rings. The van der Waals surface area contributed by atoms with Gasteiger partial charge in [-0.1, -0.05) is 350 Å². The maximum absolute atomic E-state index is 15.8. The van der Waals surface area contributed by atoms with Gasteiger partial charge in [-0.15, -0.1) is 0 Å². The Balaban J connectivity index is 6.39. The molecule has 0 aliphatic rings. The molecule has 0 aliphatic heterocycles. The van der Waals surface area contributed by atoms with Crippen molar-refractivity contribution in [3.8, 4) is 0 Å². The highest BCUT2D eigenvalue weighted by Gasteiger charge is 2.36. The van der Waals surface area contributed by atoms with E-state index in [4.69, 9.17) is 13.6 Å². The van der Waals surface area contributed by atoms with Crippen molar-refractivity contribution in [2.24, 2.45) is 0 Å². The first-order chi connectivity index (χ1) is 33.5. The fraction of sp³-hybridized carbons (Fsp3) is 1.00. The Hall–Kier alpha value is 0.110. The molecular formula is C63H129O4P. The lowest BCUT2D eigenvalue weighted by Gasteiger charge is -2.31. The Kier molecular flexibility index (Phi) is 56.5. The lowest BCUT2D eigenvalue weighted by molar-refractivity contribution is 0.0156. The van der Waals surface area contributed by atoms with Crippen LogP contribution in [-0.4, -0.2) is 18.3 Å². The predicted molar refractivity (Wildman–Crippen MR) is 306 cm³/mol. The molecule has 0 aromatic heterocycles. The van der Waals surface area contributed by atoms with Crippen molar-refractivity contribution in [1.82, 2.24) is 0 Å². The van der Waals surface area contributed by atoms with Crippen LogP contribution in [-0.2, 0) is 18.1 Å². The summed E-state index contributed by atoms with van der Waals surface area (Å²) in [5.41, 5.74) is 0. The van der Waals surface area contributed by atoms with E-state index < -0.39 is 7.82 Å². The van der Waals surface area contributed by atoms with E-state index in [-0.39, 0.29) is 18.3 Å². The zero-order valence-corrected chi connectivity index (χ0v) is 48.9. The zero-order chi connectivity index (χ0) is 49.5. The Bertz CT molecular complexity index is 794. The van der Waals surface area contributed by atoms with Crippen molar-refractivity contribution < 1.29 is 18.1 Å². The van der Waals surface area contributed by atoms with Gasteiger partial charge < -0.3 is 0 Å². The predicted octanol–water partition coefficient (Wildman–Crippen LogP) is 24.4. The van der Waals surface area contributed by atoms with Crippen LogP contribution in [0.1, 0.15) is 388 Å². The van der Waals surface area contributed by atoms with E-state index in [0.717, 1.165) is 77.0 Å².